The van der Waals surface area contributed by atoms with Crippen LogP contribution in [0.15, 0.2) is 42.6 Å². The lowest BCUT2D eigenvalue weighted by molar-refractivity contribution is 0.170. The highest BCUT2D eigenvalue weighted by atomic mass is 16.3. The predicted molar refractivity (Wildman–Crippen MR) is 95.2 cm³/mol. The highest BCUT2D eigenvalue weighted by Crippen LogP contribution is 2.38. The molecule has 0 aliphatic heterocycles. The van der Waals surface area contributed by atoms with Gasteiger partial charge in [0.1, 0.15) is 5.75 Å². The van der Waals surface area contributed by atoms with Crippen LogP contribution in [0.3, 0.4) is 0 Å². The van der Waals surface area contributed by atoms with Crippen molar-refractivity contribution in [3.63, 3.8) is 0 Å². The largest absolute Gasteiger partial charge is 0.508 e. The molecule has 5 nitrogen and oxygen atoms in total. The molecule has 2 N–H and O–H groups in total. The summed E-state index contributed by atoms with van der Waals surface area (Å²) in [7, 11) is 0. The van der Waals surface area contributed by atoms with Gasteiger partial charge in [-0.3, -0.25) is 4.98 Å². The molecular formula is C20H23N3O2. The number of nitrogens with one attached hydrogen (secondary N) is 1. The fourth-order valence-electron chi connectivity index (χ4n) is 3.78. The van der Waals surface area contributed by atoms with Gasteiger partial charge >= 0.3 is 6.03 Å². The summed E-state index contributed by atoms with van der Waals surface area (Å²) in [5.74, 6) is 0.329. The summed E-state index contributed by atoms with van der Waals surface area (Å²) in [5, 5.41) is 13.2. The lowest BCUT2D eigenvalue weighted by Crippen LogP contribution is -2.44. The second-order valence-electron chi connectivity index (χ2n) is 6.95. The molecule has 1 heterocycles. The van der Waals surface area contributed by atoms with Crippen LogP contribution in [0.5, 0.6) is 5.75 Å². The van der Waals surface area contributed by atoms with Crippen LogP contribution in [0.4, 0.5) is 4.79 Å². The molecule has 5 heteroatoms. The number of phenols is 1. The molecule has 130 valence electrons. The van der Waals surface area contributed by atoms with Crippen molar-refractivity contribution < 1.29 is 9.90 Å². The van der Waals surface area contributed by atoms with Crippen LogP contribution in [0, 0.1) is 0 Å². The van der Waals surface area contributed by atoms with E-state index in [2.05, 4.69) is 10.3 Å². The Labute approximate surface area is 147 Å². The fourth-order valence-corrected chi connectivity index (χ4v) is 3.78. The van der Waals surface area contributed by atoms with Crippen LogP contribution in [0.1, 0.15) is 55.1 Å². The second-order valence-corrected chi connectivity index (χ2v) is 6.95. The van der Waals surface area contributed by atoms with Crippen molar-refractivity contribution in [2.45, 2.75) is 50.7 Å². The summed E-state index contributed by atoms with van der Waals surface area (Å²) in [4.78, 5) is 19.4. The van der Waals surface area contributed by atoms with Crippen LogP contribution < -0.4 is 5.32 Å². The van der Waals surface area contributed by atoms with E-state index in [0.29, 0.717) is 11.8 Å². The maximum Gasteiger partial charge on any atom is 0.318 e. The molecule has 2 atom stereocenters. The first kappa shape index (κ1) is 15.9. The van der Waals surface area contributed by atoms with Gasteiger partial charge in [0, 0.05) is 12.2 Å². The molecule has 0 radical (unpaired) electrons. The molecule has 0 bridgehead atoms. The Morgan fingerprint density at radius 2 is 2.08 bits per heavy atom. The Kier molecular flexibility index (Phi) is 4.07. The Morgan fingerprint density at radius 1 is 1.24 bits per heavy atom. The molecule has 2 aromatic rings. The average molecular weight is 337 g/mol. The van der Waals surface area contributed by atoms with Crippen LogP contribution in [0.2, 0.25) is 0 Å². The van der Waals surface area contributed by atoms with E-state index in [4.69, 9.17) is 0 Å². The first-order valence-electron chi connectivity index (χ1n) is 8.95. The lowest BCUT2D eigenvalue weighted by Gasteiger charge is -2.30. The first-order valence-corrected chi connectivity index (χ1v) is 8.95. The standard InChI is InChI=1S/C20H23N3O2/c1-13(17-6-2-3-12-21-17)23(14-8-9-14)20(25)22-18-11-10-16-15(18)5-4-7-19(16)24/h2-7,12-14,18,24H,8-11H2,1H3,(H,22,25). The summed E-state index contributed by atoms with van der Waals surface area (Å²) in [6.07, 6.45) is 5.49. The van der Waals surface area contributed by atoms with Crippen molar-refractivity contribution >= 4 is 6.03 Å². The molecule has 1 aromatic heterocycles. The second kappa shape index (κ2) is 6.39. The van der Waals surface area contributed by atoms with Gasteiger partial charge in [-0.2, -0.15) is 0 Å². The molecule has 1 fully saturated rings. The number of hydrogen-bond acceptors (Lipinski definition) is 3. The lowest BCUT2D eigenvalue weighted by atomic mass is 10.1. The van der Waals surface area contributed by atoms with Gasteiger partial charge in [0.15, 0.2) is 0 Å². The third kappa shape index (κ3) is 3.06. The van der Waals surface area contributed by atoms with E-state index in [-0.39, 0.29) is 18.1 Å². The zero-order valence-corrected chi connectivity index (χ0v) is 14.4. The number of nitrogens with zero attached hydrogens (tertiary/aromatic N) is 2. The Balaban J connectivity index is 1.53. The number of hydrogen-bond donors (Lipinski definition) is 2. The smallest absolute Gasteiger partial charge is 0.318 e. The van der Waals surface area contributed by atoms with Gasteiger partial charge in [-0.05, 0) is 61.9 Å². The van der Waals surface area contributed by atoms with Crippen LogP contribution in [0.25, 0.3) is 0 Å². The molecule has 0 spiro atoms. The number of amides is 2. The number of urea groups is 1. The zero-order valence-electron chi connectivity index (χ0n) is 14.4. The quantitative estimate of drug-likeness (QED) is 0.894. The van der Waals surface area contributed by atoms with E-state index in [1.54, 1.807) is 12.3 Å². The number of aromatic nitrogens is 1. The third-order valence-corrected chi connectivity index (χ3v) is 5.25. The average Bonchev–Trinajstić information content (AvgIpc) is 3.37. The van der Waals surface area contributed by atoms with E-state index < -0.39 is 0 Å². The molecule has 2 aliphatic carbocycles. The van der Waals surface area contributed by atoms with Gasteiger partial charge < -0.3 is 15.3 Å². The molecule has 1 saturated carbocycles. The maximum absolute atomic E-state index is 13.0. The maximum atomic E-state index is 13.0. The van der Waals surface area contributed by atoms with E-state index in [0.717, 1.165) is 42.5 Å². The van der Waals surface area contributed by atoms with Gasteiger partial charge in [-0.25, -0.2) is 4.79 Å². The molecule has 4 rings (SSSR count). The van der Waals surface area contributed by atoms with Crippen molar-refractivity contribution in [1.29, 1.82) is 0 Å². The van der Waals surface area contributed by atoms with E-state index in [9.17, 15) is 9.90 Å². The number of fused-ring (bicyclic) bond motifs is 1. The molecular weight excluding hydrogens is 314 g/mol. The van der Waals surface area contributed by atoms with Gasteiger partial charge in [-0.1, -0.05) is 18.2 Å². The molecule has 2 aliphatic rings. The number of aromatic hydroxyl groups is 1. The summed E-state index contributed by atoms with van der Waals surface area (Å²) in [6.45, 7) is 2.04. The zero-order chi connectivity index (χ0) is 17.4. The van der Waals surface area contributed by atoms with Gasteiger partial charge in [-0.15, -0.1) is 0 Å². The van der Waals surface area contributed by atoms with Crippen molar-refractivity contribution in [3.8, 4) is 5.75 Å². The molecule has 25 heavy (non-hydrogen) atoms. The monoisotopic (exact) mass is 337 g/mol. The van der Waals surface area contributed by atoms with Gasteiger partial charge in [0.2, 0.25) is 0 Å². The minimum absolute atomic E-state index is 0.0354. The highest BCUT2D eigenvalue weighted by Gasteiger charge is 2.38. The summed E-state index contributed by atoms with van der Waals surface area (Å²) >= 11 is 0. The number of pyridine rings is 1. The van der Waals surface area contributed by atoms with Crippen LogP contribution in [-0.4, -0.2) is 27.1 Å². The Morgan fingerprint density at radius 3 is 2.80 bits per heavy atom. The Bertz CT molecular complexity index is 774. The van der Waals surface area contributed by atoms with Crippen molar-refractivity contribution in [1.82, 2.24) is 15.2 Å². The van der Waals surface area contributed by atoms with E-state index in [1.165, 1.54) is 0 Å². The first-order chi connectivity index (χ1) is 12.1. The van der Waals surface area contributed by atoms with Crippen LogP contribution >= 0.6 is 0 Å². The van der Waals surface area contributed by atoms with Crippen molar-refractivity contribution in [2.75, 3.05) is 0 Å². The van der Waals surface area contributed by atoms with Crippen molar-refractivity contribution in [3.05, 3.63) is 59.4 Å². The third-order valence-electron chi connectivity index (χ3n) is 5.25. The predicted octanol–water partition coefficient (Wildman–Crippen LogP) is 3.71. The van der Waals surface area contributed by atoms with Gasteiger partial charge in [0.05, 0.1) is 17.8 Å². The molecule has 2 amide bonds. The molecule has 1 aromatic carbocycles. The number of phenolic OH excluding ortho intramolecular Hbond substituents is 1. The number of carbonyl (C=O) groups is 1. The van der Waals surface area contributed by atoms with Gasteiger partial charge in [0.25, 0.3) is 0 Å². The minimum Gasteiger partial charge on any atom is -0.508 e. The number of carbonyl (C=O) groups excluding carboxylic acids is 1. The topological polar surface area (TPSA) is 65.5 Å². The fraction of sp³-hybridized carbons (Fsp3) is 0.400. The normalized spacial score (nSPS) is 20.0. The summed E-state index contributed by atoms with van der Waals surface area (Å²) in [5.41, 5.74) is 2.91. The SMILES string of the molecule is CC(c1ccccn1)N(C(=O)NC1CCc2c(O)cccc21)C1CC1. The number of rotatable bonds is 4. The summed E-state index contributed by atoms with van der Waals surface area (Å²) in [6, 6.07) is 11.5. The Hall–Kier alpha value is -2.56. The highest BCUT2D eigenvalue weighted by molar-refractivity contribution is 5.76. The molecule has 0 saturated heterocycles. The van der Waals surface area contributed by atoms with Crippen molar-refractivity contribution in [2.24, 2.45) is 0 Å². The number of benzene rings is 1. The summed E-state index contributed by atoms with van der Waals surface area (Å²) < 4.78 is 0. The molecule has 2 unspecified atom stereocenters. The van der Waals surface area contributed by atoms with Crippen LogP contribution in [-0.2, 0) is 6.42 Å². The van der Waals surface area contributed by atoms with E-state index in [1.807, 2.05) is 42.2 Å². The minimum atomic E-state index is -0.0567. The van der Waals surface area contributed by atoms with E-state index >= 15 is 0 Å².